The van der Waals surface area contributed by atoms with Gasteiger partial charge in [-0.25, -0.2) is 4.98 Å². The van der Waals surface area contributed by atoms with Crippen LogP contribution in [0.1, 0.15) is 6.42 Å². The molecule has 20 heavy (non-hydrogen) atoms. The van der Waals surface area contributed by atoms with Crippen LogP contribution in [-0.4, -0.2) is 37.8 Å². The normalized spacial score (nSPS) is 10.8. The number of hydrogen-bond acceptors (Lipinski definition) is 5. The van der Waals surface area contributed by atoms with E-state index in [0.29, 0.717) is 13.0 Å². The number of aliphatic hydroxyl groups excluding tert-OH is 1. The Morgan fingerprint density at radius 3 is 2.80 bits per heavy atom. The van der Waals surface area contributed by atoms with Gasteiger partial charge in [-0.2, -0.15) is 9.61 Å². The Hall–Kier alpha value is -2.47. The van der Waals surface area contributed by atoms with Gasteiger partial charge in [0.1, 0.15) is 5.82 Å². The first kappa shape index (κ1) is 12.6. The lowest BCUT2D eigenvalue weighted by molar-refractivity contribution is 0.292. The van der Waals surface area contributed by atoms with E-state index in [0.717, 1.165) is 22.7 Å². The minimum Gasteiger partial charge on any atom is -0.396 e. The summed E-state index contributed by atoms with van der Waals surface area (Å²) in [5.74, 6) is 0.861. The Labute approximate surface area is 116 Å². The van der Waals surface area contributed by atoms with Crippen LogP contribution in [0.15, 0.2) is 42.9 Å². The zero-order chi connectivity index (χ0) is 13.8. The maximum Gasteiger partial charge on any atom is 0.157 e. The average Bonchev–Trinajstić information content (AvgIpc) is 2.97. The van der Waals surface area contributed by atoms with Crippen molar-refractivity contribution in [3.05, 3.63) is 42.9 Å². The van der Waals surface area contributed by atoms with E-state index in [1.807, 2.05) is 24.3 Å². The Balaban J connectivity index is 2.01. The SMILES string of the molecule is OCCCNc1cc(-c2ccncc2)nc2ccnn12. The Kier molecular flexibility index (Phi) is 3.56. The molecule has 0 saturated heterocycles. The Morgan fingerprint density at radius 1 is 1.15 bits per heavy atom. The van der Waals surface area contributed by atoms with Gasteiger partial charge in [-0.3, -0.25) is 4.98 Å². The van der Waals surface area contributed by atoms with E-state index in [1.165, 1.54) is 0 Å². The quantitative estimate of drug-likeness (QED) is 0.688. The fraction of sp³-hybridized carbons (Fsp3) is 0.214. The van der Waals surface area contributed by atoms with Crippen molar-refractivity contribution >= 4 is 11.5 Å². The zero-order valence-electron chi connectivity index (χ0n) is 10.9. The molecule has 6 nitrogen and oxygen atoms in total. The fourth-order valence-electron chi connectivity index (χ4n) is 2.00. The van der Waals surface area contributed by atoms with E-state index in [-0.39, 0.29) is 6.61 Å². The second kappa shape index (κ2) is 5.66. The van der Waals surface area contributed by atoms with Gasteiger partial charge in [0, 0.05) is 43.2 Å². The smallest absolute Gasteiger partial charge is 0.157 e. The molecule has 0 unspecified atom stereocenters. The molecule has 0 aliphatic rings. The molecule has 6 heteroatoms. The first-order valence-corrected chi connectivity index (χ1v) is 6.48. The highest BCUT2D eigenvalue weighted by atomic mass is 16.3. The predicted octanol–water partition coefficient (Wildman–Crippen LogP) is 1.59. The van der Waals surface area contributed by atoms with Crippen LogP contribution in [0.2, 0.25) is 0 Å². The van der Waals surface area contributed by atoms with Gasteiger partial charge in [0.25, 0.3) is 0 Å². The highest BCUT2D eigenvalue weighted by molar-refractivity contribution is 5.65. The predicted molar refractivity (Wildman–Crippen MR) is 76.4 cm³/mol. The lowest BCUT2D eigenvalue weighted by atomic mass is 10.2. The van der Waals surface area contributed by atoms with Gasteiger partial charge in [-0.1, -0.05) is 0 Å². The molecule has 0 atom stereocenters. The molecule has 0 aliphatic carbocycles. The number of nitrogens with one attached hydrogen (secondary N) is 1. The van der Waals surface area contributed by atoms with Gasteiger partial charge < -0.3 is 10.4 Å². The number of anilines is 1. The van der Waals surface area contributed by atoms with Crippen molar-refractivity contribution in [2.45, 2.75) is 6.42 Å². The average molecular weight is 269 g/mol. The lowest BCUT2D eigenvalue weighted by Gasteiger charge is -2.10. The van der Waals surface area contributed by atoms with E-state index >= 15 is 0 Å². The van der Waals surface area contributed by atoms with Crippen LogP contribution in [0.25, 0.3) is 16.9 Å². The van der Waals surface area contributed by atoms with Gasteiger partial charge in [0.05, 0.1) is 11.9 Å². The van der Waals surface area contributed by atoms with Gasteiger partial charge in [0.2, 0.25) is 0 Å². The molecule has 0 spiro atoms. The lowest BCUT2D eigenvalue weighted by Crippen LogP contribution is -2.09. The largest absolute Gasteiger partial charge is 0.396 e. The van der Waals surface area contributed by atoms with Gasteiger partial charge in [-0.15, -0.1) is 0 Å². The van der Waals surface area contributed by atoms with Gasteiger partial charge in [0.15, 0.2) is 5.65 Å². The molecular formula is C14H15N5O. The molecule has 0 aromatic carbocycles. The monoisotopic (exact) mass is 269 g/mol. The molecular weight excluding hydrogens is 254 g/mol. The zero-order valence-corrected chi connectivity index (χ0v) is 10.9. The number of aromatic nitrogens is 4. The van der Waals surface area contributed by atoms with E-state index in [4.69, 9.17) is 5.11 Å². The third kappa shape index (κ3) is 2.46. The van der Waals surface area contributed by atoms with Crippen molar-refractivity contribution < 1.29 is 5.11 Å². The molecule has 0 fully saturated rings. The molecule has 0 bridgehead atoms. The highest BCUT2D eigenvalue weighted by Crippen LogP contribution is 2.21. The summed E-state index contributed by atoms with van der Waals surface area (Å²) < 4.78 is 1.75. The minimum atomic E-state index is 0.164. The van der Waals surface area contributed by atoms with Crippen LogP contribution in [0.3, 0.4) is 0 Å². The molecule has 0 saturated carbocycles. The summed E-state index contributed by atoms with van der Waals surface area (Å²) in [7, 11) is 0. The molecule has 0 amide bonds. The van der Waals surface area contributed by atoms with E-state index in [2.05, 4.69) is 20.4 Å². The molecule has 3 heterocycles. The van der Waals surface area contributed by atoms with E-state index < -0.39 is 0 Å². The van der Waals surface area contributed by atoms with Crippen LogP contribution in [-0.2, 0) is 0 Å². The molecule has 102 valence electrons. The molecule has 0 aliphatic heterocycles. The van der Waals surface area contributed by atoms with Crippen molar-refractivity contribution in [2.24, 2.45) is 0 Å². The maximum atomic E-state index is 8.87. The van der Waals surface area contributed by atoms with Crippen molar-refractivity contribution in [1.29, 1.82) is 0 Å². The molecule has 0 radical (unpaired) electrons. The number of fused-ring (bicyclic) bond motifs is 1. The first-order chi connectivity index (χ1) is 9.88. The third-order valence-electron chi connectivity index (χ3n) is 2.98. The second-order valence-electron chi connectivity index (χ2n) is 4.37. The van der Waals surface area contributed by atoms with Gasteiger partial charge in [-0.05, 0) is 18.6 Å². The van der Waals surface area contributed by atoms with Crippen LogP contribution in [0, 0.1) is 0 Å². The van der Waals surface area contributed by atoms with Crippen LogP contribution >= 0.6 is 0 Å². The number of rotatable bonds is 5. The molecule has 3 rings (SSSR count). The maximum absolute atomic E-state index is 8.87. The number of hydrogen-bond donors (Lipinski definition) is 2. The fourth-order valence-corrected chi connectivity index (χ4v) is 2.00. The Bertz CT molecular complexity index is 695. The van der Waals surface area contributed by atoms with Crippen molar-refractivity contribution in [3.63, 3.8) is 0 Å². The Morgan fingerprint density at radius 2 is 2.00 bits per heavy atom. The highest BCUT2D eigenvalue weighted by Gasteiger charge is 2.07. The standard InChI is InChI=1S/C14H15N5O/c20-9-1-5-16-14-10-12(11-2-6-15-7-3-11)18-13-4-8-17-19(13)14/h2-4,6-8,10,16,20H,1,5,9H2. The summed E-state index contributed by atoms with van der Waals surface area (Å²) in [4.78, 5) is 8.60. The first-order valence-electron chi connectivity index (χ1n) is 6.48. The number of nitrogens with zero attached hydrogens (tertiary/aromatic N) is 4. The van der Waals surface area contributed by atoms with Crippen molar-refractivity contribution in [3.8, 4) is 11.3 Å². The second-order valence-corrected chi connectivity index (χ2v) is 4.37. The summed E-state index contributed by atoms with van der Waals surface area (Å²) in [5.41, 5.74) is 2.66. The molecule has 3 aromatic rings. The summed E-state index contributed by atoms with van der Waals surface area (Å²) in [6.07, 6.45) is 5.90. The summed E-state index contributed by atoms with van der Waals surface area (Å²) >= 11 is 0. The van der Waals surface area contributed by atoms with Gasteiger partial charge >= 0.3 is 0 Å². The van der Waals surface area contributed by atoms with Crippen LogP contribution in [0.4, 0.5) is 5.82 Å². The molecule has 3 aromatic heterocycles. The van der Waals surface area contributed by atoms with Crippen LogP contribution in [0.5, 0.6) is 0 Å². The number of aliphatic hydroxyl groups is 1. The van der Waals surface area contributed by atoms with Crippen molar-refractivity contribution in [1.82, 2.24) is 19.6 Å². The summed E-state index contributed by atoms with van der Waals surface area (Å²) in [6.45, 7) is 0.850. The summed E-state index contributed by atoms with van der Waals surface area (Å²) in [6, 6.07) is 7.66. The van der Waals surface area contributed by atoms with E-state index in [1.54, 1.807) is 23.1 Å². The summed E-state index contributed by atoms with van der Waals surface area (Å²) in [5, 5.41) is 16.4. The topological polar surface area (TPSA) is 75.3 Å². The molecule has 2 N–H and O–H groups in total. The third-order valence-corrected chi connectivity index (χ3v) is 2.98. The number of pyridine rings is 1. The van der Waals surface area contributed by atoms with Crippen molar-refractivity contribution in [2.75, 3.05) is 18.5 Å². The van der Waals surface area contributed by atoms with E-state index in [9.17, 15) is 0 Å². The minimum absolute atomic E-state index is 0.164. The van der Waals surface area contributed by atoms with Crippen LogP contribution < -0.4 is 5.32 Å².